The number of furan rings is 1. The molecule has 2 N–H and O–H groups in total. The van der Waals surface area contributed by atoms with Crippen molar-refractivity contribution in [3.63, 3.8) is 0 Å². The molecule has 0 saturated carbocycles. The molecule has 2 amide bonds. The van der Waals surface area contributed by atoms with Crippen molar-refractivity contribution in [1.29, 1.82) is 0 Å². The molecule has 2 aromatic rings. The molecule has 0 aliphatic carbocycles. The summed E-state index contributed by atoms with van der Waals surface area (Å²) in [5, 5.41) is 5.54. The van der Waals surface area contributed by atoms with Gasteiger partial charge in [-0.25, -0.2) is 0 Å². The summed E-state index contributed by atoms with van der Waals surface area (Å²) < 4.78 is 5.14. The van der Waals surface area contributed by atoms with E-state index in [4.69, 9.17) is 4.42 Å². The third kappa shape index (κ3) is 2.42. The topological polar surface area (TPSA) is 71.3 Å². The van der Waals surface area contributed by atoms with Crippen LogP contribution in [-0.2, 0) is 4.79 Å². The van der Waals surface area contributed by atoms with Gasteiger partial charge in [0.15, 0.2) is 5.76 Å². The van der Waals surface area contributed by atoms with Gasteiger partial charge in [-0.1, -0.05) is 0 Å². The molecule has 0 saturated heterocycles. The first kappa shape index (κ1) is 12.8. The Morgan fingerprint density at radius 2 is 2.25 bits per heavy atom. The van der Waals surface area contributed by atoms with Crippen molar-refractivity contribution in [3.05, 3.63) is 41.9 Å². The minimum atomic E-state index is -0.303. The molecule has 0 unspecified atom stereocenters. The van der Waals surface area contributed by atoms with E-state index in [1.165, 1.54) is 18.0 Å². The van der Waals surface area contributed by atoms with Crippen molar-refractivity contribution in [3.8, 4) is 0 Å². The van der Waals surface area contributed by atoms with E-state index < -0.39 is 0 Å². The van der Waals surface area contributed by atoms with Gasteiger partial charge in [0, 0.05) is 16.1 Å². The fraction of sp³-hybridized carbons (Fsp3) is 0.143. The Balaban J connectivity index is 1.82. The molecule has 20 heavy (non-hydrogen) atoms. The smallest absolute Gasteiger partial charge is 0.291 e. The zero-order valence-electron chi connectivity index (χ0n) is 10.7. The summed E-state index contributed by atoms with van der Waals surface area (Å²) in [5.41, 5.74) is 2.12. The number of carbonyl (C=O) groups excluding carboxylic acids is 2. The van der Waals surface area contributed by atoms with E-state index in [1.807, 2.05) is 13.0 Å². The summed E-state index contributed by atoms with van der Waals surface area (Å²) >= 11 is 1.48. The standard InChI is InChI=1S/C14H12N2O3S/c1-8-4-5-19-13(8)14(18)15-9-2-3-11-10(6-9)16-12(17)7-20-11/h2-6H,7H2,1H3,(H,15,18)(H,16,17). The van der Waals surface area contributed by atoms with Crippen LogP contribution in [0.5, 0.6) is 0 Å². The highest BCUT2D eigenvalue weighted by molar-refractivity contribution is 8.00. The monoisotopic (exact) mass is 288 g/mol. The van der Waals surface area contributed by atoms with Crippen LogP contribution < -0.4 is 10.6 Å². The number of amides is 2. The average molecular weight is 288 g/mol. The highest BCUT2D eigenvalue weighted by Gasteiger charge is 2.17. The molecule has 2 heterocycles. The van der Waals surface area contributed by atoms with Gasteiger partial charge in [-0.05, 0) is 31.2 Å². The number of fused-ring (bicyclic) bond motifs is 1. The van der Waals surface area contributed by atoms with E-state index in [9.17, 15) is 9.59 Å². The van der Waals surface area contributed by atoms with Gasteiger partial charge >= 0.3 is 0 Å². The fourth-order valence-electron chi connectivity index (χ4n) is 1.95. The molecule has 1 aromatic heterocycles. The van der Waals surface area contributed by atoms with Gasteiger partial charge in [0.25, 0.3) is 5.91 Å². The SMILES string of the molecule is Cc1ccoc1C(=O)Nc1ccc2c(c1)NC(=O)CS2. The maximum atomic E-state index is 12.0. The van der Waals surface area contributed by atoms with Crippen molar-refractivity contribution in [2.45, 2.75) is 11.8 Å². The molecule has 0 atom stereocenters. The lowest BCUT2D eigenvalue weighted by Crippen LogP contribution is -2.19. The molecule has 1 aromatic carbocycles. The van der Waals surface area contributed by atoms with Gasteiger partial charge in [0.2, 0.25) is 5.91 Å². The summed E-state index contributed by atoms with van der Waals surface area (Å²) in [6, 6.07) is 7.16. The molecule has 0 bridgehead atoms. The van der Waals surface area contributed by atoms with Crippen LogP contribution in [-0.4, -0.2) is 17.6 Å². The third-order valence-electron chi connectivity index (χ3n) is 2.94. The van der Waals surface area contributed by atoms with Gasteiger partial charge in [0.1, 0.15) is 0 Å². The van der Waals surface area contributed by atoms with Gasteiger partial charge in [-0.3, -0.25) is 9.59 Å². The molecule has 1 aliphatic rings. The maximum Gasteiger partial charge on any atom is 0.291 e. The Morgan fingerprint density at radius 3 is 3.00 bits per heavy atom. The Labute approximate surface area is 119 Å². The van der Waals surface area contributed by atoms with Gasteiger partial charge in [-0.15, -0.1) is 11.8 Å². The molecule has 0 spiro atoms. The van der Waals surface area contributed by atoms with E-state index in [-0.39, 0.29) is 11.8 Å². The predicted octanol–water partition coefficient (Wildman–Crippen LogP) is 2.88. The Kier molecular flexibility index (Phi) is 3.23. The maximum absolute atomic E-state index is 12.0. The second kappa shape index (κ2) is 5.05. The van der Waals surface area contributed by atoms with E-state index in [0.29, 0.717) is 17.2 Å². The van der Waals surface area contributed by atoms with Crippen LogP contribution >= 0.6 is 11.8 Å². The normalized spacial score (nSPS) is 13.6. The summed E-state index contributed by atoms with van der Waals surface area (Å²) in [6.45, 7) is 1.81. The lowest BCUT2D eigenvalue weighted by Gasteiger charge is -2.17. The zero-order chi connectivity index (χ0) is 14.1. The first-order valence-corrected chi connectivity index (χ1v) is 7.04. The number of anilines is 2. The van der Waals surface area contributed by atoms with Crippen LogP contribution in [0.4, 0.5) is 11.4 Å². The number of hydrogen-bond acceptors (Lipinski definition) is 4. The van der Waals surface area contributed by atoms with Crippen molar-refractivity contribution in [1.82, 2.24) is 0 Å². The van der Waals surface area contributed by atoms with E-state index >= 15 is 0 Å². The largest absolute Gasteiger partial charge is 0.459 e. The van der Waals surface area contributed by atoms with Crippen LogP contribution in [0.25, 0.3) is 0 Å². The lowest BCUT2D eigenvalue weighted by atomic mass is 10.2. The van der Waals surface area contributed by atoms with Gasteiger partial charge < -0.3 is 15.1 Å². The average Bonchev–Trinajstić information content (AvgIpc) is 2.84. The molecule has 102 valence electrons. The molecule has 0 fully saturated rings. The molecule has 1 aliphatic heterocycles. The second-order valence-corrected chi connectivity index (χ2v) is 5.45. The number of carbonyl (C=O) groups is 2. The van der Waals surface area contributed by atoms with E-state index in [1.54, 1.807) is 18.2 Å². The van der Waals surface area contributed by atoms with E-state index in [0.717, 1.165) is 16.1 Å². The summed E-state index contributed by atoms with van der Waals surface area (Å²) in [5.74, 6) is 0.376. The Bertz CT molecular complexity index is 693. The Hall–Kier alpha value is -2.21. The summed E-state index contributed by atoms with van der Waals surface area (Å²) in [6.07, 6.45) is 1.48. The number of thioether (sulfide) groups is 1. The van der Waals surface area contributed by atoms with Crippen molar-refractivity contribution < 1.29 is 14.0 Å². The van der Waals surface area contributed by atoms with E-state index in [2.05, 4.69) is 10.6 Å². The van der Waals surface area contributed by atoms with Crippen LogP contribution in [0.1, 0.15) is 16.1 Å². The lowest BCUT2D eigenvalue weighted by molar-refractivity contribution is -0.113. The fourth-order valence-corrected chi connectivity index (χ4v) is 2.74. The minimum absolute atomic E-state index is 0.0344. The molecule has 3 rings (SSSR count). The summed E-state index contributed by atoms with van der Waals surface area (Å²) in [7, 11) is 0. The first-order chi connectivity index (χ1) is 9.63. The minimum Gasteiger partial charge on any atom is -0.459 e. The molecule has 0 radical (unpaired) electrons. The van der Waals surface area contributed by atoms with Crippen molar-refractivity contribution >= 4 is 35.0 Å². The molecule has 5 nitrogen and oxygen atoms in total. The predicted molar refractivity (Wildman–Crippen MR) is 77.2 cm³/mol. The highest BCUT2D eigenvalue weighted by atomic mass is 32.2. The quantitative estimate of drug-likeness (QED) is 0.891. The summed E-state index contributed by atoms with van der Waals surface area (Å²) in [4.78, 5) is 24.4. The number of benzene rings is 1. The molecule has 6 heteroatoms. The first-order valence-electron chi connectivity index (χ1n) is 6.05. The van der Waals surface area contributed by atoms with Crippen molar-refractivity contribution in [2.24, 2.45) is 0 Å². The third-order valence-corrected chi connectivity index (χ3v) is 4.01. The number of aryl methyl sites for hydroxylation is 1. The Morgan fingerprint density at radius 1 is 1.40 bits per heavy atom. The highest BCUT2D eigenvalue weighted by Crippen LogP contribution is 2.33. The van der Waals surface area contributed by atoms with Crippen molar-refractivity contribution in [2.75, 3.05) is 16.4 Å². The molecular formula is C14H12N2O3S. The number of hydrogen-bond donors (Lipinski definition) is 2. The van der Waals surface area contributed by atoms with Crippen LogP contribution in [0.3, 0.4) is 0 Å². The molecular weight excluding hydrogens is 276 g/mol. The van der Waals surface area contributed by atoms with Crippen LogP contribution in [0.2, 0.25) is 0 Å². The zero-order valence-corrected chi connectivity index (χ0v) is 11.5. The van der Waals surface area contributed by atoms with Gasteiger partial charge in [0.05, 0.1) is 17.7 Å². The second-order valence-electron chi connectivity index (χ2n) is 4.43. The van der Waals surface area contributed by atoms with Crippen LogP contribution in [0, 0.1) is 6.92 Å². The number of rotatable bonds is 2. The van der Waals surface area contributed by atoms with Gasteiger partial charge in [-0.2, -0.15) is 0 Å². The van der Waals surface area contributed by atoms with Crippen LogP contribution in [0.15, 0.2) is 39.8 Å². The number of nitrogens with one attached hydrogen (secondary N) is 2.